The number of fused-ring (bicyclic) bond motifs is 3. The average Bonchev–Trinajstić information content (AvgIpc) is 3.14. The van der Waals surface area contributed by atoms with E-state index in [1.54, 1.807) is 0 Å². The molecule has 6 nitrogen and oxygen atoms in total. The molecule has 1 atom stereocenters. The Kier molecular flexibility index (Phi) is 4.76. The number of allylic oxidation sites excluding steroid dienone is 1. The zero-order valence-electron chi connectivity index (χ0n) is 15.7. The Morgan fingerprint density at radius 1 is 1.15 bits per heavy atom. The Balaban J connectivity index is 1.57. The van der Waals surface area contributed by atoms with E-state index in [-0.39, 0.29) is 12.3 Å². The largest absolute Gasteiger partial charge is 0.461 e. The highest BCUT2D eigenvalue weighted by molar-refractivity contribution is 5.98. The van der Waals surface area contributed by atoms with E-state index in [1.165, 1.54) is 38.0 Å². The number of carbonyl (C=O) groups is 1. The van der Waals surface area contributed by atoms with E-state index in [2.05, 4.69) is 38.2 Å². The van der Waals surface area contributed by atoms with Gasteiger partial charge in [-0.2, -0.15) is 0 Å². The predicted molar refractivity (Wildman–Crippen MR) is 103 cm³/mol. The third-order valence-corrected chi connectivity index (χ3v) is 5.51. The maximum atomic E-state index is 12.5. The maximum Gasteiger partial charge on any atom is 0.356 e. The number of rotatable bonds is 5. The SMILES string of the molecule is CCOC(=O)C1=C(C)NC2N(CCN3CCCCC3)c3ccccc3N12. The molecular formula is C20H28N4O2. The molecule has 0 radical (unpaired) electrons. The summed E-state index contributed by atoms with van der Waals surface area (Å²) < 4.78 is 5.30. The van der Waals surface area contributed by atoms with Crippen LogP contribution in [-0.4, -0.2) is 49.9 Å². The topological polar surface area (TPSA) is 48.1 Å². The summed E-state index contributed by atoms with van der Waals surface area (Å²) in [7, 11) is 0. The maximum absolute atomic E-state index is 12.5. The van der Waals surface area contributed by atoms with Crippen LogP contribution in [-0.2, 0) is 9.53 Å². The molecule has 3 aliphatic rings. The smallest absolute Gasteiger partial charge is 0.356 e. The van der Waals surface area contributed by atoms with Crippen molar-refractivity contribution in [3.63, 3.8) is 0 Å². The summed E-state index contributed by atoms with van der Waals surface area (Å²) in [6.07, 6.45) is 3.92. The minimum absolute atomic E-state index is 0.0448. The van der Waals surface area contributed by atoms with Crippen LogP contribution in [0.25, 0.3) is 0 Å². The summed E-state index contributed by atoms with van der Waals surface area (Å²) in [5.41, 5.74) is 3.76. The van der Waals surface area contributed by atoms with Crippen molar-refractivity contribution in [2.24, 2.45) is 0 Å². The van der Waals surface area contributed by atoms with Crippen LogP contribution in [0.15, 0.2) is 35.7 Å². The molecule has 3 aliphatic heterocycles. The number of hydrogen-bond acceptors (Lipinski definition) is 6. The number of anilines is 2. The minimum Gasteiger partial charge on any atom is -0.461 e. The number of carbonyl (C=O) groups excluding carboxylic acids is 1. The van der Waals surface area contributed by atoms with Crippen molar-refractivity contribution >= 4 is 17.3 Å². The quantitative estimate of drug-likeness (QED) is 0.818. The third-order valence-electron chi connectivity index (χ3n) is 5.51. The molecule has 4 rings (SSSR count). The Morgan fingerprint density at radius 3 is 2.62 bits per heavy atom. The minimum atomic E-state index is -0.257. The molecule has 1 aromatic carbocycles. The van der Waals surface area contributed by atoms with Crippen molar-refractivity contribution in [3.8, 4) is 0 Å². The van der Waals surface area contributed by atoms with Crippen molar-refractivity contribution in [3.05, 3.63) is 35.7 Å². The first-order valence-electron chi connectivity index (χ1n) is 9.72. The summed E-state index contributed by atoms with van der Waals surface area (Å²) in [5.74, 6) is -0.257. The van der Waals surface area contributed by atoms with Crippen LogP contribution in [0.4, 0.5) is 11.4 Å². The van der Waals surface area contributed by atoms with Gasteiger partial charge in [-0.15, -0.1) is 0 Å². The van der Waals surface area contributed by atoms with E-state index < -0.39 is 0 Å². The van der Waals surface area contributed by atoms with Gasteiger partial charge in [-0.25, -0.2) is 4.79 Å². The normalized spacial score (nSPS) is 22.3. The number of piperidine rings is 1. The molecule has 3 heterocycles. The van der Waals surface area contributed by atoms with Crippen LogP contribution < -0.4 is 15.1 Å². The molecule has 1 unspecified atom stereocenters. The summed E-state index contributed by atoms with van der Waals surface area (Å²) in [5, 5.41) is 3.50. The molecule has 0 saturated carbocycles. The molecule has 140 valence electrons. The van der Waals surface area contributed by atoms with Gasteiger partial charge in [-0.05, 0) is 51.9 Å². The van der Waals surface area contributed by atoms with Gasteiger partial charge in [-0.3, -0.25) is 4.90 Å². The summed E-state index contributed by atoms with van der Waals surface area (Å²) >= 11 is 0. The first-order valence-corrected chi connectivity index (χ1v) is 9.72. The molecule has 1 aromatic rings. The zero-order chi connectivity index (χ0) is 18.1. The second kappa shape index (κ2) is 7.19. The molecule has 1 N–H and O–H groups in total. The van der Waals surface area contributed by atoms with Gasteiger partial charge in [-0.1, -0.05) is 18.6 Å². The second-order valence-electron chi connectivity index (χ2n) is 7.17. The number of esters is 1. The van der Waals surface area contributed by atoms with Crippen LogP contribution in [0.5, 0.6) is 0 Å². The van der Waals surface area contributed by atoms with Gasteiger partial charge in [0.2, 0.25) is 0 Å². The van der Waals surface area contributed by atoms with Crippen LogP contribution >= 0.6 is 0 Å². The number of likely N-dealkylation sites (tertiary alicyclic amines) is 1. The molecule has 0 aliphatic carbocycles. The molecule has 0 bridgehead atoms. The summed E-state index contributed by atoms with van der Waals surface area (Å²) in [6, 6.07) is 8.32. The average molecular weight is 356 g/mol. The third kappa shape index (κ3) is 2.92. The standard InChI is InChI=1S/C20H28N4O2/c1-3-26-19(25)18-15(2)21-20-23(14-13-22-11-7-4-8-12-22)16-9-5-6-10-17(16)24(18)20/h5-6,9-10,20-21H,3-4,7-8,11-14H2,1-2H3. The van der Waals surface area contributed by atoms with Crippen LogP contribution in [0.1, 0.15) is 33.1 Å². The summed E-state index contributed by atoms with van der Waals surface area (Å²) in [4.78, 5) is 19.6. The van der Waals surface area contributed by atoms with Gasteiger partial charge in [0.25, 0.3) is 0 Å². The number of hydrogen-bond donors (Lipinski definition) is 1. The highest BCUT2D eigenvalue weighted by Gasteiger charge is 2.45. The Bertz CT molecular complexity index is 712. The van der Waals surface area contributed by atoms with Gasteiger partial charge in [0, 0.05) is 18.8 Å². The summed E-state index contributed by atoms with van der Waals surface area (Å²) in [6.45, 7) is 8.56. The molecule has 1 fully saturated rings. The fraction of sp³-hybridized carbons (Fsp3) is 0.550. The van der Waals surface area contributed by atoms with E-state index in [0.29, 0.717) is 12.3 Å². The zero-order valence-corrected chi connectivity index (χ0v) is 15.7. The monoisotopic (exact) mass is 356 g/mol. The van der Waals surface area contributed by atoms with E-state index in [1.807, 2.05) is 19.9 Å². The highest BCUT2D eigenvalue weighted by Crippen LogP contribution is 2.44. The lowest BCUT2D eigenvalue weighted by molar-refractivity contribution is -0.138. The fourth-order valence-corrected chi connectivity index (χ4v) is 4.27. The van der Waals surface area contributed by atoms with Gasteiger partial charge >= 0.3 is 5.97 Å². The van der Waals surface area contributed by atoms with Gasteiger partial charge < -0.3 is 19.9 Å². The molecule has 1 saturated heterocycles. The Morgan fingerprint density at radius 2 is 1.88 bits per heavy atom. The van der Waals surface area contributed by atoms with Crippen LogP contribution in [0.2, 0.25) is 0 Å². The number of nitrogens with zero attached hydrogens (tertiary/aromatic N) is 3. The molecule has 0 spiro atoms. The number of ether oxygens (including phenoxy) is 1. The van der Waals surface area contributed by atoms with Crippen molar-refractivity contribution in [2.45, 2.75) is 39.4 Å². The lowest BCUT2D eigenvalue weighted by Crippen LogP contribution is -2.50. The molecule has 0 amide bonds. The lowest BCUT2D eigenvalue weighted by Gasteiger charge is -2.32. The van der Waals surface area contributed by atoms with Crippen molar-refractivity contribution < 1.29 is 9.53 Å². The first kappa shape index (κ1) is 17.2. The van der Waals surface area contributed by atoms with Crippen molar-refractivity contribution in [1.29, 1.82) is 0 Å². The predicted octanol–water partition coefficient (Wildman–Crippen LogP) is 2.48. The number of benzene rings is 1. The number of para-hydroxylation sites is 2. The number of nitrogens with one attached hydrogen (secondary N) is 1. The van der Waals surface area contributed by atoms with E-state index >= 15 is 0 Å². The Labute approximate surface area is 155 Å². The fourth-order valence-electron chi connectivity index (χ4n) is 4.27. The molecular weight excluding hydrogens is 328 g/mol. The van der Waals surface area contributed by atoms with Crippen LogP contribution in [0, 0.1) is 0 Å². The van der Waals surface area contributed by atoms with E-state index in [0.717, 1.165) is 24.5 Å². The van der Waals surface area contributed by atoms with Gasteiger partial charge in [0.05, 0.1) is 18.0 Å². The van der Waals surface area contributed by atoms with Gasteiger partial charge in [0.15, 0.2) is 6.29 Å². The van der Waals surface area contributed by atoms with E-state index in [9.17, 15) is 4.79 Å². The molecule has 26 heavy (non-hydrogen) atoms. The van der Waals surface area contributed by atoms with E-state index in [4.69, 9.17) is 4.74 Å². The van der Waals surface area contributed by atoms with Gasteiger partial charge in [0.1, 0.15) is 5.70 Å². The van der Waals surface area contributed by atoms with Crippen molar-refractivity contribution in [2.75, 3.05) is 42.6 Å². The lowest BCUT2D eigenvalue weighted by atomic mass is 10.1. The van der Waals surface area contributed by atoms with Crippen LogP contribution in [0.3, 0.4) is 0 Å². The highest BCUT2D eigenvalue weighted by atomic mass is 16.5. The Hall–Kier alpha value is -2.21. The molecule has 0 aromatic heterocycles. The molecule has 6 heteroatoms. The first-order chi connectivity index (χ1) is 12.7. The van der Waals surface area contributed by atoms with Crippen molar-refractivity contribution in [1.82, 2.24) is 10.2 Å². The second-order valence-corrected chi connectivity index (χ2v) is 7.17.